The minimum atomic E-state index is 0.390. The lowest BCUT2D eigenvalue weighted by molar-refractivity contribution is 0.486. The molecule has 0 saturated heterocycles. The molecule has 0 aliphatic rings. The van der Waals surface area contributed by atoms with E-state index >= 15 is 0 Å². The van der Waals surface area contributed by atoms with Crippen molar-refractivity contribution in [3.63, 3.8) is 0 Å². The highest BCUT2D eigenvalue weighted by Gasteiger charge is 2.15. The molecule has 0 bridgehead atoms. The van der Waals surface area contributed by atoms with E-state index in [1.54, 1.807) is 0 Å². The number of nitrogens with one attached hydrogen (secondary N) is 2. The average molecular weight is 683 g/mol. The molecule has 4 rings (SSSR count). The third-order valence-electron chi connectivity index (χ3n) is 8.77. The number of hydrogen-bond donors (Lipinski definition) is 2. The first kappa shape index (κ1) is 38.9. The zero-order valence-electron chi connectivity index (χ0n) is 32.8. The van der Waals surface area contributed by atoms with Gasteiger partial charge in [-0.1, -0.05) is 116 Å². The molecule has 0 atom stereocenters. The van der Waals surface area contributed by atoms with E-state index in [4.69, 9.17) is 14.7 Å². The van der Waals surface area contributed by atoms with Crippen LogP contribution in [0.15, 0.2) is 118 Å². The van der Waals surface area contributed by atoms with Crippen LogP contribution in [0.5, 0.6) is 11.5 Å². The largest absolute Gasteiger partial charge is 0.453 e. The van der Waals surface area contributed by atoms with Crippen LogP contribution in [-0.4, -0.2) is 11.4 Å². The predicted molar refractivity (Wildman–Crippen MR) is 222 cm³/mol. The summed E-state index contributed by atoms with van der Waals surface area (Å²) < 4.78 is 6.57. The van der Waals surface area contributed by atoms with Gasteiger partial charge in [-0.25, -0.2) is 0 Å². The molecule has 4 aromatic rings. The number of aliphatic imine (C=N–C) groups is 2. The highest BCUT2D eigenvalue weighted by molar-refractivity contribution is 5.97. The van der Waals surface area contributed by atoms with Crippen molar-refractivity contribution in [1.29, 1.82) is 0 Å². The van der Waals surface area contributed by atoms with Gasteiger partial charge >= 0.3 is 0 Å². The van der Waals surface area contributed by atoms with E-state index in [1.807, 2.05) is 48.5 Å². The number of hydrogen-bond acceptors (Lipinski definition) is 5. The van der Waals surface area contributed by atoms with Gasteiger partial charge in [0.25, 0.3) is 0 Å². The van der Waals surface area contributed by atoms with Gasteiger partial charge in [-0.3, -0.25) is 9.98 Å². The Labute approximate surface area is 307 Å². The molecule has 0 aromatic heterocycles. The van der Waals surface area contributed by atoms with Crippen molar-refractivity contribution in [1.82, 2.24) is 0 Å². The SMILES string of the molecule is CC(/C=C(/C)Nc1ccccc1Oc1ccccc1N/C(C)=C\C(C)=Nc1c(C(C)C)cccc1C(C)C)=Nc1c(C(C)C)cccc1C(C)C. The van der Waals surface area contributed by atoms with E-state index < -0.39 is 0 Å². The Bertz CT molecular complexity index is 1730. The molecule has 0 radical (unpaired) electrons. The lowest BCUT2D eigenvalue weighted by Crippen LogP contribution is -2.03. The molecule has 5 heteroatoms. The minimum absolute atomic E-state index is 0.390. The fourth-order valence-electron chi connectivity index (χ4n) is 6.26. The van der Waals surface area contributed by atoms with Crippen molar-refractivity contribution in [3.8, 4) is 11.5 Å². The second-order valence-electron chi connectivity index (χ2n) is 14.7. The number of anilines is 2. The first-order valence-electron chi connectivity index (χ1n) is 18.4. The van der Waals surface area contributed by atoms with Crippen LogP contribution >= 0.6 is 0 Å². The van der Waals surface area contributed by atoms with E-state index in [-0.39, 0.29) is 0 Å². The molecule has 0 heterocycles. The average Bonchev–Trinajstić information content (AvgIpc) is 3.06. The van der Waals surface area contributed by atoms with Crippen molar-refractivity contribution >= 4 is 34.2 Å². The van der Waals surface area contributed by atoms with Gasteiger partial charge in [-0.2, -0.15) is 0 Å². The quantitative estimate of drug-likeness (QED) is 0.130. The summed E-state index contributed by atoms with van der Waals surface area (Å²) in [6.45, 7) is 26.1. The molecule has 4 aromatic carbocycles. The molecule has 0 spiro atoms. The maximum atomic E-state index is 6.57. The number of rotatable bonds is 14. The van der Waals surface area contributed by atoms with Crippen LogP contribution in [0.3, 0.4) is 0 Å². The summed E-state index contributed by atoms with van der Waals surface area (Å²) in [7, 11) is 0. The van der Waals surface area contributed by atoms with Crippen LogP contribution in [0.25, 0.3) is 0 Å². The summed E-state index contributed by atoms with van der Waals surface area (Å²) in [5.74, 6) is 3.02. The topological polar surface area (TPSA) is 58.0 Å². The highest BCUT2D eigenvalue weighted by Crippen LogP contribution is 2.38. The van der Waals surface area contributed by atoms with Gasteiger partial charge in [-0.15, -0.1) is 0 Å². The lowest BCUT2D eigenvalue weighted by Gasteiger charge is -2.18. The summed E-state index contributed by atoms with van der Waals surface area (Å²) in [4.78, 5) is 10.3. The zero-order valence-corrected chi connectivity index (χ0v) is 32.8. The van der Waals surface area contributed by atoms with E-state index in [9.17, 15) is 0 Å². The molecule has 0 fully saturated rings. The molecule has 0 aliphatic carbocycles. The third-order valence-corrected chi connectivity index (χ3v) is 8.77. The number of benzene rings is 4. The van der Waals surface area contributed by atoms with Gasteiger partial charge in [0.05, 0.1) is 22.7 Å². The monoisotopic (exact) mass is 682 g/mol. The van der Waals surface area contributed by atoms with Crippen LogP contribution in [0.2, 0.25) is 0 Å². The van der Waals surface area contributed by atoms with Crippen molar-refractivity contribution in [2.24, 2.45) is 9.98 Å². The van der Waals surface area contributed by atoms with Gasteiger partial charge in [0.15, 0.2) is 11.5 Å². The number of allylic oxidation sites excluding steroid dienone is 4. The Balaban J connectivity index is 1.56. The Morgan fingerprint density at radius 2 is 0.784 bits per heavy atom. The first-order valence-corrected chi connectivity index (χ1v) is 18.4. The molecule has 5 nitrogen and oxygen atoms in total. The fourth-order valence-corrected chi connectivity index (χ4v) is 6.26. The van der Waals surface area contributed by atoms with Crippen molar-refractivity contribution in [2.45, 2.75) is 107 Å². The third kappa shape index (κ3) is 10.6. The highest BCUT2D eigenvalue weighted by atomic mass is 16.5. The van der Waals surface area contributed by atoms with Gasteiger partial charge in [0.1, 0.15) is 0 Å². The smallest absolute Gasteiger partial charge is 0.150 e. The summed E-state index contributed by atoms with van der Waals surface area (Å²) in [6, 6.07) is 29.1. The molecule has 2 N–H and O–H groups in total. The molecular weight excluding hydrogens is 625 g/mol. The molecular formula is C46H58N4O. The summed E-state index contributed by atoms with van der Waals surface area (Å²) in [5.41, 5.74) is 12.8. The van der Waals surface area contributed by atoms with Crippen molar-refractivity contribution < 1.29 is 4.74 Å². The summed E-state index contributed by atoms with van der Waals surface area (Å²) in [6.07, 6.45) is 4.18. The Morgan fingerprint density at radius 1 is 0.471 bits per heavy atom. The van der Waals surface area contributed by atoms with Crippen LogP contribution in [0.1, 0.15) is 129 Å². The van der Waals surface area contributed by atoms with Crippen LogP contribution in [-0.2, 0) is 0 Å². The Morgan fingerprint density at radius 3 is 1.10 bits per heavy atom. The molecule has 0 amide bonds. The standard InChI is InChI=1S/C46H58N4O/c1-29(2)37-19-17-20-38(30(3)4)45(37)49-35(11)27-33(9)47-41-23-13-15-25-43(41)51-44-26-16-14-24-42(44)48-34(10)28-36(12)50-46-39(31(5)6)21-18-22-40(46)32(7)8/h13-32,47-48H,1-12H3/b33-27-,34-28-,49-35?,50-36?. The minimum Gasteiger partial charge on any atom is -0.453 e. The van der Waals surface area contributed by atoms with Crippen molar-refractivity contribution in [2.75, 3.05) is 10.6 Å². The molecule has 51 heavy (non-hydrogen) atoms. The second kappa shape index (κ2) is 17.8. The number of nitrogens with zero attached hydrogens (tertiary/aromatic N) is 2. The van der Waals surface area contributed by atoms with E-state index in [2.05, 4.69) is 142 Å². The molecule has 0 saturated carbocycles. The molecule has 0 aliphatic heterocycles. The predicted octanol–water partition coefficient (Wildman–Crippen LogP) is 14.2. The van der Waals surface area contributed by atoms with Crippen LogP contribution in [0, 0.1) is 0 Å². The summed E-state index contributed by atoms with van der Waals surface area (Å²) in [5, 5.41) is 7.13. The van der Waals surface area contributed by atoms with Crippen LogP contribution in [0.4, 0.5) is 22.7 Å². The first-order chi connectivity index (χ1) is 24.2. The Hall–Kier alpha value is -4.90. The normalized spacial score (nSPS) is 13.1. The maximum Gasteiger partial charge on any atom is 0.150 e. The summed E-state index contributed by atoms with van der Waals surface area (Å²) >= 11 is 0. The van der Waals surface area contributed by atoms with Crippen molar-refractivity contribution in [3.05, 3.63) is 131 Å². The maximum absolute atomic E-state index is 6.57. The lowest BCUT2D eigenvalue weighted by atomic mass is 9.93. The number of ether oxygens (including phenoxy) is 1. The Kier molecular flexibility index (Phi) is 13.6. The van der Waals surface area contributed by atoms with Gasteiger partial charge in [-0.05, 0) is 110 Å². The van der Waals surface area contributed by atoms with E-state index in [0.29, 0.717) is 23.7 Å². The number of para-hydroxylation sites is 6. The molecule has 0 unspecified atom stereocenters. The van der Waals surface area contributed by atoms with Gasteiger partial charge in [0.2, 0.25) is 0 Å². The van der Waals surface area contributed by atoms with E-state index in [0.717, 1.165) is 57.1 Å². The molecule has 268 valence electrons. The van der Waals surface area contributed by atoms with Gasteiger partial charge < -0.3 is 15.4 Å². The second-order valence-corrected chi connectivity index (χ2v) is 14.7. The van der Waals surface area contributed by atoms with Gasteiger partial charge in [0, 0.05) is 22.8 Å². The zero-order chi connectivity index (χ0) is 37.2. The van der Waals surface area contributed by atoms with E-state index in [1.165, 1.54) is 22.3 Å². The fraction of sp³-hybridized carbons (Fsp3) is 0.348. The van der Waals surface area contributed by atoms with Crippen LogP contribution < -0.4 is 15.4 Å².